The Kier molecular flexibility index (Phi) is 4.86. The Morgan fingerprint density at radius 3 is 2.52 bits per heavy atom. The second-order valence-electron chi connectivity index (χ2n) is 9.84. The molecule has 0 bridgehead atoms. The van der Waals surface area contributed by atoms with Crippen molar-refractivity contribution in [3.8, 4) is 0 Å². The highest BCUT2D eigenvalue weighted by Crippen LogP contribution is 2.64. The molecule has 0 spiro atoms. The van der Waals surface area contributed by atoms with E-state index in [2.05, 4.69) is 22.9 Å². The Balaban J connectivity index is 1.52. The molecule has 0 saturated heterocycles. The van der Waals surface area contributed by atoms with Gasteiger partial charge in [-0.25, -0.2) is 0 Å². The average molecular weight is 413 g/mol. The molecule has 25 heavy (non-hydrogen) atoms. The van der Waals surface area contributed by atoms with Crippen molar-refractivity contribution in [2.45, 2.75) is 70.3 Å². The number of carbonyl (C=O) groups excluding carboxylic acids is 1. The molecule has 3 nitrogen and oxygen atoms in total. The predicted octanol–water partition coefficient (Wildman–Crippen LogP) is 3.94. The molecule has 4 heteroatoms. The number of Topliss-reactive ketones (excluding diaryl/α,β-unsaturated/α-hetero) is 1. The Morgan fingerprint density at radius 2 is 1.80 bits per heavy atom. The molecule has 8 atom stereocenters. The van der Waals surface area contributed by atoms with Gasteiger partial charge in [0.25, 0.3) is 0 Å². The number of carbonyl (C=O) groups is 1. The molecule has 0 aromatic rings. The molecule has 0 radical (unpaired) electrons. The topological polar surface area (TPSA) is 57.5 Å². The first-order valence-electron chi connectivity index (χ1n) is 10.3. The van der Waals surface area contributed by atoms with Crippen LogP contribution in [0.25, 0.3) is 0 Å². The smallest absolute Gasteiger partial charge is 0.147 e. The molecular formula is C21H33BrO3. The minimum atomic E-state index is -0.821. The zero-order valence-electron chi connectivity index (χ0n) is 15.4. The standard InChI is InChI=1S/C21H33BrO3/c1-20-8-6-15-14-7-9-21(25,12-23)10-13(14)2-3-16(15)17(20)4-5-18(20)19(24)11-22/h13-18,23,25H,2-12H2,1H3/t13-,14-,15+,16+,17-,18+,20-,21+/m0/s1. The first-order valence-corrected chi connectivity index (χ1v) is 11.5. The van der Waals surface area contributed by atoms with E-state index in [0.717, 1.165) is 49.4 Å². The molecule has 142 valence electrons. The lowest BCUT2D eigenvalue weighted by molar-refractivity contribution is -0.133. The molecule has 4 fully saturated rings. The second kappa shape index (κ2) is 6.60. The van der Waals surface area contributed by atoms with E-state index in [1.165, 1.54) is 32.1 Å². The molecule has 4 rings (SSSR count). The molecule has 0 unspecified atom stereocenters. The van der Waals surface area contributed by atoms with Crippen LogP contribution < -0.4 is 0 Å². The number of fused-ring (bicyclic) bond motifs is 5. The summed E-state index contributed by atoms with van der Waals surface area (Å²) >= 11 is 3.40. The van der Waals surface area contributed by atoms with Crippen LogP contribution in [-0.2, 0) is 4.79 Å². The van der Waals surface area contributed by atoms with E-state index in [1.807, 2.05) is 0 Å². The number of alkyl halides is 1. The number of ketones is 1. The summed E-state index contributed by atoms with van der Waals surface area (Å²) in [5, 5.41) is 20.6. The van der Waals surface area contributed by atoms with Gasteiger partial charge in [0.15, 0.2) is 0 Å². The Bertz CT molecular complexity index is 537. The van der Waals surface area contributed by atoms with Crippen molar-refractivity contribution in [2.75, 3.05) is 11.9 Å². The molecule has 4 saturated carbocycles. The Morgan fingerprint density at radius 1 is 1.04 bits per heavy atom. The zero-order chi connectivity index (χ0) is 17.8. The van der Waals surface area contributed by atoms with Crippen LogP contribution in [-0.4, -0.2) is 33.5 Å². The van der Waals surface area contributed by atoms with E-state index in [1.54, 1.807) is 0 Å². The van der Waals surface area contributed by atoms with Crippen LogP contribution in [0, 0.1) is 40.9 Å². The van der Waals surface area contributed by atoms with E-state index < -0.39 is 5.60 Å². The molecule has 2 N–H and O–H groups in total. The fourth-order valence-electron chi connectivity index (χ4n) is 7.73. The fraction of sp³-hybridized carbons (Fsp3) is 0.952. The Hall–Kier alpha value is 0.0700. The molecule has 4 aliphatic carbocycles. The van der Waals surface area contributed by atoms with Crippen LogP contribution >= 0.6 is 15.9 Å². The number of hydrogen-bond acceptors (Lipinski definition) is 3. The lowest BCUT2D eigenvalue weighted by atomic mass is 9.49. The van der Waals surface area contributed by atoms with Gasteiger partial charge < -0.3 is 10.2 Å². The van der Waals surface area contributed by atoms with Crippen LogP contribution in [0.5, 0.6) is 0 Å². The molecule has 0 amide bonds. The maximum Gasteiger partial charge on any atom is 0.147 e. The van der Waals surface area contributed by atoms with Crippen LogP contribution in [0.2, 0.25) is 0 Å². The van der Waals surface area contributed by atoms with Crippen LogP contribution in [0.1, 0.15) is 64.7 Å². The third kappa shape index (κ3) is 2.86. The van der Waals surface area contributed by atoms with Crippen molar-refractivity contribution < 1.29 is 15.0 Å². The SMILES string of the molecule is C[C@]12CC[C@H]3[C@@H](CC[C@H]4C[C@@](O)(CO)CC[C@@H]43)[C@@H]1CC[C@@H]2C(=O)CBr. The van der Waals surface area contributed by atoms with E-state index >= 15 is 0 Å². The van der Waals surface area contributed by atoms with Gasteiger partial charge in [0.05, 0.1) is 17.5 Å². The summed E-state index contributed by atoms with van der Waals surface area (Å²) in [6.45, 7) is 2.32. The Labute approximate surface area is 160 Å². The van der Waals surface area contributed by atoms with Gasteiger partial charge in [0.2, 0.25) is 0 Å². The van der Waals surface area contributed by atoms with Crippen molar-refractivity contribution in [1.29, 1.82) is 0 Å². The van der Waals surface area contributed by atoms with E-state index in [0.29, 0.717) is 17.0 Å². The zero-order valence-corrected chi connectivity index (χ0v) is 17.0. The first-order chi connectivity index (χ1) is 11.9. The fourth-order valence-corrected chi connectivity index (χ4v) is 8.12. The summed E-state index contributed by atoms with van der Waals surface area (Å²) in [6.07, 6.45) is 9.91. The van der Waals surface area contributed by atoms with E-state index in [-0.39, 0.29) is 17.9 Å². The normalized spacial score (nSPS) is 52.2. The molecule has 0 aromatic carbocycles. The highest BCUT2D eigenvalue weighted by molar-refractivity contribution is 9.09. The van der Waals surface area contributed by atoms with Gasteiger partial charge in [-0.2, -0.15) is 0 Å². The van der Waals surface area contributed by atoms with E-state index in [4.69, 9.17) is 0 Å². The molecule has 0 aromatic heterocycles. The number of rotatable bonds is 3. The molecule has 4 aliphatic rings. The third-order valence-corrected chi connectivity index (χ3v) is 9.47. The summed E-state index contributed by atoms with van der Waals surface area (Å²) in [5.41, 5.74) is -0.600. The number of aliphatic hydroxyl groups excluding tert-OH is 1. The maximum atomic E-state index is 12.5. The molecular weight excluding hydrogens is 380 g/mol. The van der Waals surface area contributed by atoms with Gasteiger partial charge in [-0.3, -0.25) is 4.79 Å². The molecule has 0 heterocycles. The summed E-state index contributed by atoms with van der Waals surface area (Å²) < 4.78 is 0. The van der Waals surface area contributed by atoms with Gasteiger partial charge in [0.1, 0.15) is 5.78 Å². The lowest BCUT2D eigenvalue weighted by Crippen LogP contribution is -2.52. The third-order valence-electron chi connectivity index (χ3n) is 8.92. The maximum absolute atomic E-state index is 12.5. The monoisotopic (exact) mass is 412 g/mol. The van der Waals surface area contributed by atoms with Crippen LogP contribution in [0.4, 0.5) is 0 Å². The van der Waals surface area contributed by atoms with Crippen molar-refractivity contribution in [2.24, 2.45) is 40.9 Å². The average Bonchev–Trinajstić information content (AvgIpc) is 2.98. The van der Waals surface area contributed by atoms with Crippen LogP contribution in [0.15, 0.2) is 0 Å². The highest BCUT2D eigenvalue weighted by atomic mass is 79.9. The largest absolute Gasteiger partial charge is 0.393 e. The number of halogens is 1. The van der Waals surface area contributed by atoms with Gasteiger partial charge in [-0.05, 0) is 92.8 Å². The highest BCUT2D eigenvalue weighted by Gasteiger charge is 2.58. The minimum Gasteiger partial charge on any atom is -0.393 e. The van der Waals surface area contributed by atoms with Gasteiger partial charge >= 0.3 is 0 Å². The number of hydrogen-bond donors (Lipinski definition) is 2. The summed E-state index contributed by atoms with van der Waals surface area (Å²) in [6, 6.07) is 0. The van der Waals surface area contributed by atoms with Crippen molar-refractivity contribution in [3.63, 3.8) is 0 Å². The second-order valence-corrected chi connectivity index (χ2v) is 10.4. The quantitative estimate of drug-likeness (QED) is 0.689. The summed E-state index contributed by atoms with van der Waals surface area (Å²) in [5.74, 6) is 4.31. The molecule has 0 aliphatic heterocycles. The summed E-state index contributed by atoms with van der Waals surface area (Å²) in [7, 11) is 0. The van der Waals surface area contributed by atoms with Crippen molar-refractivity contribution in [1.82, 2.24) is 0 Å². The van der Waals surface area contributed by atoms with Crippen LogP contribution in [0.3, 0.4) is 0 Å². The lowest BCUT2D eigenvalue weighted by Gasteiger charge is -2.57. The number of aliphatic hydroxyl groups is 2. The van der Waals surface area contributed by atoms with Crippen molar-refractivity contribution >= 4 is 21.7 Å². The van der Waals surface area contributed by atoms with Gasteiger partial charge in [-0.15, -0.1) is 0 Å². The summed E-state index contributed by atoms with van der Waals surface area (Å²) in [4.78, 5) is 12.5. The van der Waals surface area contributed by atoms with Gasteiger partial charge in [0, 0.05) is 5.92 Å². The van der Waals surface area contributed by atoms with Crippen molar-refractivity contribution in [3.05, 3.63) is 0 Å². The van der Waals surface area contributed by atoms with Gasteiger partial charge in [-0.1, -0.05) is 22.9 Å². The minimum absolute atomic E-state index is 0.0820. The van der Waals surface area contributed by atoms with E-state index in [9.17, 15) is 15.0 Å². The first kappa shape index (κ1) is 18.4. The predicted molar refractivity (Wildman–Crippen MR) is 101 cm³/mol.